The first-order valence-electron chi connectivity index (χ1n) is 5.55. The van der Waals surface area contributed by atoms with Gasteiger partial charge in [0.2, 0.25) is 5.88 Å². The van der Waals surface area contributed by atoms with Crippen molar-refractivity contribution < 1.29 is 4.74 Å². The molecule has 1 aromatic rings. The Kier molecular flexibility index (Phi) is 3.21. The molecule has 0 atom stereocenters. The second-order valence-corrected chi connectivity index (χ2v) is 4.24. The summed E-state index contributed by atoms with van der Waals surface area (Å²) in [6, 6.07) is 4.54. The van der Waals surface area contributed by atoms with Crippen LogP contribution in [0.3, 0.4) is 0 Å². The second kappa shape index (κ2) is 4.62. The lowest BCUT2D eigenvalue weighted by Gasteiger charge is -2.26. The van der Waals surface area contributed by atoms with Crippen LogP contribution in [0.2, 0.25) is 0 Å². The van der Waals surface area contributed by atoms with E-state index in [4.69, 9.17) is 10.5 Å². The van der Waals surface area contributed by atoms with E-state index in [0.717, 1.165) is 12.8 Å². The lowest BCUT2D eigenvalue weighted by molar-refractivity contribution is 0.384. The third-order valence-electron chi connectivity index (χ3n) is 3.21. The van der Waals surface area contributed by atoms with Crippen molar-refractivity contribution in [3.63, 3.8) is 0 Å². The van der Waals surface area contributed by atoms with Crippen molar-refractivity contribution in [1.82, 2.24) is 4.98 Å². The van der Waals surface area contributed by atoms with Gasteiger partial charge in [-0.15, -0.1) is 0 Å². The van der Waals surface area contributed by atoms with Gasteiger partial charge in [-0.05, 0) is 43.2 Å². The van der Waals surface area contributed by atoms with Gasteiger partial charge in [0.05, 0.1) is 7.11 Å². The van der Waals surface area contributed by atoms with Crippen LogP contribution in [0.25, 0.3) is 0 Å². The van der Waals surface area contributed by atoms with Crippen molar-refractivity contribution >= 4 is 0 Å². The lowest BCUT2D eigenvalue weighted by atomic mass is 9.82. The van der Waals surface area contributed by atoms with Crippen molar-refractivity contribution in [3.8, 4) is 5.88 Å². The van der Waals surface area contributed by atoms with Crippen LogP contribution in [-0.2, 0) is 0 Å². The van der Waals surface area contributed by atoms with Gasteiger partial charge in [0, 0.05) is 18.3 Å². The van der Waals surface area contributed by atoms with E-state index in [1.165, 1.54) is 18.4 Å². The minimum absolute atomic E-state index is 0.407. The van der Waals surface area contributed by atoms with E-state index in [1.807, 2.05) is 12.3 Å². The lowest BCUT2D eigenvalue weighted by Crippen LogP contribution is -2.25. The summed E-state index contributed by atoms with van der Waals surface area (Å²) >= 11 is 0. The van der Waals surface area contributed by atoms with Crippen LogP contribution in [-0.4, -0.2) is 18.1 Å². The molecule has 3 nitrogen and oxygen atoms in total. The molecule has 1 saturated carbocycles. The van der Waals surface area contributed by atoms with E-state index in [-0.39, 0.29) is 0 Å². The molecular weight excluding hydrogens is 188 g/mol. The zero-order valence-corrected chi connectivity index (χ0v) is 9.15. The molecule has 1 fully saturated rings. The van der Waals surface area contributed by atoms with E-state index in [0.29, 0.717) is 17.8 Å². The van der Waals surface area contributed by atoms with Crippen LogP contribution in [0, 0.1) is 0 Å². The van der Waals surface area contributed by atoms with Crippen molar-refractivity contribution in [3.05, 3.63) is 23.9 Å². The summed E-state index contributed by atoms with van der Waals surface area (Å²) in [5, 5.41) is 0. The fourth-order valence-electron chi connectivity index (χ4n) is 2.24. The molecule has 82 valence electrons. The number of hydrogen-bond acceptors (Lipinski definition) is 3. The fraction of sp³-hybridized carbons (Fsp3) is 0.583. The number of hydrogen-bond donors (Lipinski definition) is 1. The largest absolute Gasteiger partial charge is 0.481 e. The first-order valence-corrected chi connectivity index (χ1v) is 5.55. The van der Waals surface area contributed by atoms with Gasteiger partial charge < -0.3 is 10.5 Å². The molecule has 0 aromatic carbocycles. The molecular formula is C12H18N2O. The number of rotatable bonds is 2. The Bertz CT molecular complexity index is 319. The van der Waals surface area contributed by atoms with Crippen LogP contribution < -0.4 is 10.5 Å². The van der Waals surface area contributed by atoms with Crippen molar-refractivity contribution in [1.29, 1.82) is 0 Å². The molecule has 2 rings (SSSR count). The van der Waals surface area contributed by atoms with E-state index in [1.54, 1.807) is 7.11 Å². The molecule has 0 spiro atoms. The molecule has 0 radical (unpaired) electrons. The van der Waals surface area contributed by atoms with Gasteiger partial charge in [-0.1, -0.05) is 0 Å². The van der Waals surface area contributed by atoms with Crippen LogP contribution in [0.15, 0.2) is 18.3 Å². The smallest absolute Gasteiger partial charge is 0.213 e. The quantitative estimate of drug-likeness (QED) is 0.806. The predicted molar refractivity (Wildman–Crippen MR) is 60.0 cm³/mol. The van der Waals surface area contributed by atoms with E-state index in [9.17, 15) is 0 Å². The highest BCUT2D eigenvalue weighted by atomic mass is 16.5. The number of nitrogens with zero attached hydrogens (tertiary/aromatic N) is 1. The van der Waals surface area contributed by atoms with Crippen LogP contribution >= 0.6 is 0 Å². The van der Waals surface area contributed by atoms with E-state index < -0.39 is 0 Å². The first kappa shape index (κ1) is 10.4. The number of aromatic nitrogens is 1. The molecule has 3 heteroatoms. The van der Waals surface area contributed by atoms with Crippen LogP contribution in [0.4, 0.5) is 0 Å². The van der Waals surface area contributed by atoms with Gasteiger partial charge in [0.25, 0.3) is 0 Å². The molecule has 2 N–H and O–H groups in total. The Morgan fingerprint density at radius 3 is 2.73 bits per heavy atom. The molecule has 15 heavy (non-hydrogen) atoms. The van der Waals surface area contributed by atoms with E-state index in [2.05, 4.69) is 11.1 Å². The molecule has 0 saturated heterocycles. The summed E-state index contributed by atoms with van der Waals surface area (Å²) in [4.78, 5) is 4.12. The Balaban J connectivity index is 2.08. The highest BCUT2D eigenvalue weighted by Gasteiger charge is 2.20. The number of pyridine rings is 1. The monoisotopic (exact) mass is 206 g/mol. The number of nitrogens with two attached hydrogens (primary N) is 1. The van der Waals surface area contributed by atoms with Crippen molar-refractivity contribution in [2.24, 2.45) is 5.73 Å². The standard InChI is InChI=1S/C12H18N2O/c1-15-12-8-10(6-7-14-12)9-2-4-11(13)5-3-9/h6-9,11H,2-5,13H2,1H3. The summed E-state index contributed by atoms with van der Waals surface area (Å²) in [5.41, 5.74) is 7.24. The van der Waals surface area contributed by atoms with E-state index >= 15 is 0 Å². The minimum Gasteiger partial charge on any atom is -0.481 e. The topological polar surface area (TPSA) is 48.1 Å². The summed E-state index contributed by atoms with van der Waals surface area (Å²) in [7, 11) is 1.66. The Morgan fingerprint density at radius 2 is 2.07 bits per heavy atom. The summed E-state index contributed by atoms with van der Waals surface area (Å²) in [6.45, 7) is 0. The van der Waals surface area contributed by atoms with Gasteiger partial charge >= 0.3 is 0 Å². The predicted octanol–water partition coefficient (Wildman–Crippen LogP) is 2.08. The highest BCUT2D eigenvalue weighted by molar-refractivity contribution is 5.24. The normalized spacial score (nSPS) is 26.3. The van der Waals surface area contributed by atoms with Gasteiger partial charge in [-0.3, -0.25) is 0 Å². The Hall–Kier alpha value is -1.09. The summed E-state index contributed by atoms with van der Waals surface area (Å²) in [5.74, 6) is 1.35. The van der Waals surface area contributed by atoms with Crippen molar-refractivity contribution in [2.45, 2.75) is 37.6 Å². The molecule has 1 aromatic heterocycles. The number of ether oxygens (including phenoxy) is 1. The third-order valence-corrected chi connectivity index (χ3v) is 3.21. The molecule has 0 bridgehead atoms. The Morgan fingerprint density at radius 1 is 1.33 bits per heavy atom. The third kappa shape index (κ3) is 2.48. The highest BCUT2D eigenvalue weighted by Crippen LogP contribution is 2.32. The molecule has 1 heterocycles. The van der Waals surface area contributed by atoms with Crippen LogP contribution in [0.1, 0.15) is 37.2 Å². The molecule has 1 aliphatic carbocycles. The summed E-state index contributed by atoms with van der Waals surface area (Å²) in [6.07, 6.45) is 6.47. The second-order valence-electron chi connectivity index (χ2n) is 4.24. The zero-order valence-electron chi connectivity index (χ0n) is 9.15. The minimum atomic E-state index is 0.407. The SMILES string of the molecule is COc1cc(C2CCC(N)CC2)ccn1. The molecule has 0 aliphatic heterocycles. The summed E-state index contributed by atoms with van der Waals surface area (Å²) < 4.78 is 5.13. The molecule has 0 amide bonds. The maximum Gasteiger partial charge on any atom is 0.213 e. The first-order chi connectivity index (χ1) is 7.29. The number of methoxy groups -OCH3 is 1. The van der Waals surface area contributed by atoms with Gasteiger partial charge in [0.15, 0.2) is 0 Å². The van der Waals surface area contributed by atoms with Gasteiger partial charge in [0.1, 0.15) is 0 Å². The van der Waals surface area contributed by atoms with Gasteiger partial charge in [-0.2, -0.15) is 0 Å². The molecule has 1 aliphatic rings. The van der Waals surface area contributed by atoms with Crippen molar-refractivity contribution in [2.75, 3.05) is 7.11 Å². The maximum atomic E-state index is 5.89. The fourth-order valence-corrected chi connectivity index (χ4v) is 2.24. The Labute approximate surface area is 90.7 Å². The maximum absolute atomic E-state index is 5.89. The molecule has 0 unspecified atom stereocenters. The zero-order chi connectivity index (χ0) is 10.7. The van der Waals surface area contributed by atoms with Gasteiger partial charge in [-0.25, -0.2) is 4.98 Å². The van der Waals surface area contributed by atoms with Crippen LogP contribution in [0.5, 0.6) is 5.88 Å². The average Bonchev–Trinajstić information content (AvgIpc) is 2.30. The average molecular weight is 206 g/mol.